The molecule has 1 fully saturated rings. The highest BCUT2D eigenvalue weighted by Crippen LogP contribution is 2.18. The molecule has 0 saturated heterocycles. The van der Waals surface area contributed by atoms with E-state index in [0.717, 1.165) is 17.7 Å². The van der Waals surface area contributed by atoms with Gasteiger partial charge in [0.05, 0.1) is 12.5 Å². The van der Waals surface area contributed by atoms with E-state index in [1.807, 2.05) is 31.2 Å². The zero-order chi connectivity index (χ0) is 18.8. The minimum Gasteiger partial charge on any atom is -0.355 e. The maximum Gasteiger partial charge on any atom is 0.222 e. The van der Waals surface area contributed by atoms with E-state index < -0.39 is 0 Å². The molecule has 0 heterocycles. The highest BCUT2D eigenvalue weighted by Gasteiger charge is 2.17. The second-order valence-electron chi connectivity index (χ2n) is 7.36. The summed E-state index contributed by atoms with van der Waals surface area (Å²) < 4.78 is 0. The van der Waals surface area contributed by atoms with Crippen LogP contribution < -0.4 is 16.0 Å². The number of rotatable bonds is 8. The number of carbonyl (C=O) groups excluding carboxylic acids is 2. The van der Waals surface area contributed by atoms with Gasteiger partial charge >= 0.3 is 0 Å². The van der Waals surface area contributed by atoms with Crippen LogP contribution in [0.1, 0.15) is 69.0 Å². The number of hydrogen-bond acceptors (Lipinski definition) is 3. The Hall–Kier alpha value is -1.88. The van der Waals surface area contributed by atoms with Crippen molar-refractivity contribution in [2.24, 2.45) is 0 Å². The quantitative estimate of drug-likeness (QED) is 0.494. The first-order chi connectivity index (χ1) is 12.5. The summed E-state index contributed by atoms with van der Waals surface area (Å²) in [4.78, 5) is 23.8. The largest absolute Gasteiger partial charge is 0.355 e. The van der Waals surface area contributed by atoms with Crippen LogP contribution in [0, 0.1) is 6.92 Å². The van der Waals surface area contributed by atoms with Gasteiger partial charge in [0.1, 0.15) is 0 Å². The summed E-state index contributed by atoms with van der Waals surface area (Å²) in [5, 5.41) is 9.41. The van der Waals surface area contributed by atoms with Gasteiger partial charge in [-0.1, -0.05) is 55.5 Å². The molecule has 2 amide bonds. The van der Waals surface area contributed by atoms with Gasteiger partial charge in [-0.15, -0.1) is 0 Å². The van der Waals surface area contributed by atoms with Crippen LogP contribution in [0.3, 0.4) is 0 Å². The maximum absolute atomic E-state index is 12.3. The Bertz CT molecular complexity index is 563. The van der Waals surface area contributed by atoms with Gasteiger partial charge in [0.15, 0.2) is 0 Å². The van der Waals surface area contributed by atoms with Crippen molar-refractivity contribution in [1.82, 2.24) is 16.0 Å². The average molecular weight is 360 g/mol. The van der Waals surface area contributed by atoms with E-state index in [1.165, 1.54) is 45.4 Å². The van der Waals surface area contributed by atoms with E-state index in [1.54, 1.807) is 0 Å². The molecule has 0 radical (unpaired) electrons. The van der Waals surface area contributed by atoms with Gasteiger partial charge in [-0.05, 0) is 25.3 Å². The normalized spacial score (nSPS) is 16.5. The molecule has 1 aliphatic carbocycles. The fourth-order valence-electron chi connectivity index (χ4n) is 3.52. The summed E-state index contributed by atoms with van der Waals surface area (Å²) in [5.74, 6) is -0.162. The van der Waals surface area contributed by atoms with Crippen LogP contribution in [0.2, 0.25) is 0 Å². The molecular weight excluding hydrogens is 326 g/mol. The zero-order valence-corrected chi connectivity index (χ0v) is 16.1. The Labute approximate surface area is 157 Å². The van der Waals surface area contributed by atoms with Crippen molar-refractivity contribution in [2.75, 3.05) is 13.1 Å². The van der Waals surface area contributed by atoms with Crippen LogP contribution in [0.25, 0.3) is 0 Å². The maximum atomic E-state index is 12.3. The molecule has 3 N–H and O–H groups in total. The Kier molecular flexibility index (Phi) is 8.62. The Morgan fingerprint density at radius 2 is 1.69 bits per heavy atom. The zero-order valence-electron chi connectivity index (χ0n) is 16.1. The summed E-state index contributed by atoms with van der Waals surface area (Å²) in [6, 6.07) is 8.24. The molecule has 144 valence electrons. The third-order valence-electron chi connectivity index (χ3n) is 4.98. The molecule has 0 bridgehead atoms. The number of aryl methyl sites for hydroxylation is 1. The summed E-state index contributed by atoms with van der Waals surface area (Å²) in [5.41, 5.74) is 2.11. The standard InChI is InChI=1S/C21H33N3O2/c1-16-9-11-18(12-10-16)20(24-17(2)25)15-21(26)23-14-13-22-19-7-5-3-4-6-8-19/h9-12,19-20,22H,3-8,13-15H2,1-2H3,(H,23,26)(H,24,25). The molecule has 1 saturated carbocycles. The van der Waals surface area contributed by atoms with Gasteiger partial charge in [0.2, 0.25) is 11.8 Å². The highest BCUT2D eigenvalue weighted by molar-refractivity contribution is 5.79. The van der Waals surface area contributed by atoms with Crippen molar-refractivity contribution in [3.05, 3.63) is 35.4 Å². The topological polar surface area (TPSA) is 70.2 Å². The highest BCUT2D eigenvalue weighted by atomic mass is 16.2. The van der Waals surface area contributed by atoms with Gasteiger partial charge in [-0.3, -0.25) is 9.59 Å². The van der Waals surface area contributed by atoms with Crippen molar-refractivity contribution in [2.45, 2.75) is 70.9 Å². The molecule has 1 atom stereocenters. The Morgan fingerprint density at radius 1 is 1.04 bits per heavy atom. The third kappa shape index (κ3) is 7.56. The summed E-state index contributed by atoms with van der Waals surface area (Å²) in [7, 11) is 0. The third-order valence-corrected chi connectivity index (χ3v) is 4.98. The lowest BCUT2D eigenvalue weighted by atomic mass is 10.0. The van der Waals surface area contributed by atoms with Crippen molar-refractivity contribution in [1.29, 1.82) is 0 Å². The van der Waals surface area contributed by atoms with Crippen molar-refractivity contribution in [3.8, 4) is 0 Å². The monoisotopic (exact) mass is 359 g/mol. The van der Waals surface area contributed by atoms with Crippen molar-refractivity contribution >= 4 is 11.8 Å². The summed E-state index contributed by atoms with van der Waals surface area (Å²) in [6.07, 6.45) is 8.04. The SMILES string of the molecule is CC(=O)NC(CC(=O)NCCNC1CCCCCC1)c1ccc(C)cc1. The predicted molar refractivity (Wildman–Crippen MR) is 105 cm³/mol. The molecule has 0 aromatic heterocycles. The first-order valence-corrected chi connectivity index (χ1v) is 9.88. The van der Waals surface area contributed by atoms with Gasteiger partial charge in [0, 0.05) is 26.1 Å². The first kappa shape index (κ1) is 20.4. The summed E-state index contributed by atoms with van der Waals surface area (Å²) in [6.45, 7) is 4.92. The molecule has 5 nitrogen and oxygen atoms in total. The average Bonchev–Trinajstić information content (AvgIpc) is 2.87. The van der Waals surface area contributed by atoms with Crippen LogP contribution in [0.15, 0.2) is 24.3 Å². The fourth-order valence-corrected chi connectivity index (χ4v) is 3.52. The van der Waals surface area contributed by atoms with Gasteiger partial charge in [-0.25, -0.2) is 0 Å². The molecule has 1 aromatic carbocycles. The van der Waals surface area contributed by atoms with Crippen LogP contribution in [0.4, 0.5) is 0 Å². The molecule has 2 rings (SSSR count). The lowest BCUT2D eigenvalue weighted by Gasteiger charge is -2.19. The molecule has 0 spiro atoms. The van der Waals surface area contributed by atoms with Crippen LogP contribution in [-0.4, -0.2) is 30.9 Å². The van der Waals surface area contributed by atoms with Crippen molar-refractivity contribution in [3.63, 3.8) is 0 Å². The minimum absolute atomic E-state index is 0.0352. The van der Waals surface area contributed by atoms with Gasteiger partial charge < -0.3 is 16.0 Å². The predicted octanol–water partition coefficient (Wildman–Crippen LogP) is 2.99. The minimum atomic E-state index is -0.289. The van der Waals surface area contributed by atoms with Crippen LogP contribution in [0.5, 0.6) is 0 Å². The van der Waals surface area contributed by atoms with E-state index >= 15 is 0 Å². The lowest BCUT2D eigenvalue weighted by Crippen LogP contribution is -2.38. The van der Waals surface area contributed by atoms with E-state index in [9.17, 15) is 9.59 Å². The number of amides is 2. The Balaban J connectivity index is 1.75. The lowest BCUT2D eigenvalue weighted by molar-refractivity contribution is -0.122. The van der Waals surface area contributed by atoms with E-state index in [-0.39, 0.29) is 24.3 Å². The van der Waals surface area contributed by atoms with Crippen LogP contribution >= 0.6 is 0 Å². The Morgan fingerprint density at radius 3 is 2.31 bits per heavy atom. The van der Waals surface area contributed by atoms with E-state index in [2.05, 4.69) is 16.0 Å². The van der Waals surface area contributed by atoms with Gasteiger partial charge in [-0.2, -0.15) is 0 Å². The summed E-state index contributed by atoms with van der Waals surface area (Å²) >= 11 is 0. The number of nitrogens with one attached hydrogen (secondary N) is 3. The second kappa shape index (κ2) is 11.0. The second-order valence-corrected chi connectivity index (χ2v) is 7.36. The van der Waals surface area contributed by atoms with Crippen molar-refractivity contribution < 1.29 is 9.59 Å². The number of hydrogen-bond donors (Lipinski definition) is 3. The number of carbonyl (C=O) groups is 2. The smallest absolute Gasteiger partial charge is 0.222 e. The first-order valence-electron chi connectivity index (χ1n) is 9.88. The van der Waals surface area contributed by atoms with Crippen LogP contribution in [-0.2, 0) is 9.59 Å². The van der Waals surface area contributed by atoms with E-state index in [4.69, 9.17) is 0 Å². The van der Waals surface area contributed by atoms with Gasteiger partial charge in [0.25, 0.3) is 0 Å². The van der Waals surface area contributed by atoms with E-state index in [0.29, 0.717) is 12.6 Å². The molecule has 0 aliphatic heterocycles. The molecule has 1 unspecified atom stereocenters. The molecule has 1 aliphatic rings. The molecule has 5 heteroatoms. The number of benzene rings is 1. The molecule has 26 heavy (non-hydrogen) atoms. The molecular formula is C21H33N3O2. The molecule has 1 aromatic rings. The fraction of sp³-hybridized carbons (Fsp3) is 0.619.